The van der Waals surface area contributed by atoms with Crippen LogP contribution in [0, 0.1) is 0 Å². The lowest BCUT2D eigenvalue weighted by atomic mass is 9.91. The fraction of sp³-hybridized carbons (Fsp3) is 0.375. The minimum Gasteiger partial charge on any atom is -0.497 e. The lowest BCUT2D eigenvalue weighted by Crippen LogP contribution is -2.37. The van der Waals surface area contributed by atoms with Crippen molar-refractivity contribution in [3.8, 4) is 5.75 Å². The monoisotopic (exact) mass is 661 g/mol. The molecule has 1 saturated heterocycles. The number of methoxy groups -OCH3 is 1. The van der Waals surface area contributed by atoms with Crippen molar-refractivity contribution in [1.82, 2.24) is 19.7 Å². The van der Waals surface area contributed by atoms with Crippen LogP contribution in [-0.4, -0.2) is 82.0 Å². The number of anilines is 4. The summed E-state index contributed by atoms with van der Waals surface area (Å²) in [4.78, 5) is 51.1. The summed E-state index contributed by atoms with van der Waals surface area (Å²) in [7, 11) is 1.51. The van der Waals surface area contributed by atoms with Gasteiger partial charge in [-0.05, 0) is 68.7 Å². The van der Waals surface area contributed by atoms with Crippen LogP contribution in [0.25, 0.3) is 10.9 Å². The molecule has 2 fully saturated rings. The molecule has 14 nitrogen and oxygen atoms in total. The fourth-order valence-electron chi connectivity index (χ4n) is 6.37. The predicted octanol–water partition coefficient (Wildman–Crippen LogP) is 5.30. The number of nitrogens with zero attached hydrogens (tertiary/aromatic N) is 6. The van der Waals surface area contributed by atoms with E-state index in [4.69, 9.17) is 25.8 Å². The first-order valence-corrected chi connectivity index (χ1v) is 15.4. The summed E-state index contributed by atoms with van der Waals surface area (Å²) in [6.45, 7) is 7.66. The molecule has 3 aliphatic rings. The SMILES string of the molecule is COc1ccc2c(c1)C1(CC1c1ccc3c(Nc4nc(N5CCOCC5)ncc4Cl)nn(C(=O)OC(C)(C)C)c3c1)C(=O)N2C(=O)O. The van der Waals surface area contributed by atoms with Crippen LogP contribution in [0.1, 0.15) is 44.2 Å². The van der Waals surface area contributed by atoms with Gasteiger partial charge in [0.1, 0.15) is 16.4 Å². The summed E-state index contributed by atoms with van der Waals surface area (Å²) in [6, 6.07) is 10.4. The quantitative estimate of drug-likeness (QED) is 0.284. The number of rotatable bonds is 5. The number of fused-ring (bicyclic) bond motifs is 3. The van der Waals surface area contributed by atoms with Crippen molar-refractivity contribution in [2.24, 2.45) is 0 Å². The number of benzene rings is 2. The van der Waals surface area contributed by atoms with Gasteiger partial charge in [0.15, 0.2) is 11.6 Å². The zero-order chi connectivity index (χ0) is 33.2. The third kappa shape index (κ3) is 5.17. The number of hydrogen-bond donors (Lipinski definition) is 2. The minimum absolute atomic E-state index is 0.260. The maximum absolute atomic E-state index is 13.7. The lowest BCUT2D eigenvalue weighted by molar-refractivity contribution is -0.119. The van der Waals surface area contributed by atoms with E-state index in [1.165, 1.54) is 13.3 Å². The van der Waals surface area contributed by atoms with E-state index >= 15 is 0 Å². The normalized spacial score (nSPS) is 20.4. The number of ether oxygens (including phenoxy) is 3. The molecule has 0 bridgehead atoms. The molecular weight excluding hydrogens is 630 g/mol. The Morgan fingerprint density at radius 2 is 1.89 bits per heavy atom. The number of amides is 2. The topological polar surface area (TPSA) is 161 Å². The average Bonchev–Trinajstić information content (AvgIpc) is 3.62. The summed E-state index contributed by atoms with van der Waals surface area (Å²) >= 11 is 6.50. The van der Waals surface area contributed by atoms with E-state index < -0.39 is 29.1 Å². The standard InChI is InChI=1S/C32H32ClN7O7/c1-31(2,3)47-30(44)40-24-13-17(21-15-32(21)20-14-18(45-4)6-8-23(20)39(27(32)41)29(42)43)5-7-19(24)25(37-40)35-26-22(33)16-34-28(36-26)38-9-11-46-12-10-38/h5-8,13-14,16,21H,9-12,15H2,1-4H3,(H,42,43)(H,34,35,36,37). The van der Waals surface area contributed by atoms with Crippen molar-refractivity contribution in [3.63, 3.8) is 0 Å². The lowest BCUT2D eigenvalue weighted by Gasteiger charge is -2.27. The van der Waals surface area contributed by atoms with E-state index in [1.807, 2.05) is 11.0 Å². The predicted molar refractivity (Wildman–Crippen MR) is 172 cm³/mol. The van der Waals surface area contributed by atoms with Crippen molar-refractivity contribution in [1.29, 1.82) is 0 Å². The van der Waals surface area contributed by atoms with Gasteiger partial charge >= 0.3 is 12.2 Å². The molecule has 1 saturated carbocycles. The number of hydrogen-bond acceptors (Lipinski definition) is 11. The Kier molecular flexibility index (Phi) is 7.24. The summed E-state index contributed by atoms with van der Waals surface area (Å²) < 4.78 is 17.7. The molecule has 244 valence electrons. The van der Waals surface area contributed by atoms with Gasteiger partial charge in [-0.2, -0.15) is 9.67 Å². The van der Waals surface area contributed by atoms with Crippen molar-refractivity contribution in [2.75, 3.05) is 48.5 Å². The number of halogens is 1. The summed E-state index contributed by atoms with van der Waals surface area (Å²) in [5.41, 5.74) is 0.174. The Balaban J connectivity index is 1.29. The van der Waals surface area contributed by atoms with Crippen LogP contribution >= 0.6 is 11.6 Å². The Morgan fingerprint density at radius 1 is 1.13 bits per heavy atom. The Hall–Kier alpha value is -4.95. The van der Waals surface area contributed by atoms with Gasteiger partial charge in [0, 0.05) is 24.4 Å². The van der Waals surface area contributed by atoms with Crippen molar-refractivity contribution in [2.45, 2.75) is 44.1 Å². The van der Waals surface area contributed by atoms with E-state index in [2.05, 4.69) is 20.4 Å². The molecule has 4 aromatic rings. The maximum atomic E-state index is 13.7. The molecule has 47 heavy (non-hydrogen) atoms. The van der Waals surface area contributed by atoms with Crippen LogP contribution in [0.2, 0.25) is 5.02 Å². The van der Waals surface area contributed by atoms with E-state index in [-0.39, 0.29) is 10.9 Å². The Bertz CT molecular complexity index is 1950. The van der Waals surface area contributed by atoms with Crippen molar-refractivity contribution >= 4 is 63.9 Å². The number of nitrogens with one attached hydrogen (secondary N) is 1. The van der Waals surface area contributed by atoms with Gasteiger partial charge in [-0.15, -0.1) is 5.10 Å². The summed E-state index contributed by atoms with van der Waals surface area (Å²) in [5, 5.41) is 18.5. The van der Waals surface area contributed by atoms with Gasteiger partial charge in [-0.1, -0.05) is 17.7 Å². The van der Waals surface area contributed by atoms with Gasteiger partial charge in [-0.3, -0.25) is 4.79 Å². The highest BCUT2D eigenvalue weighted by Gasteiger charge is 2.68. The molecule has 1 aliphatic carbocycles. The zero-order valence-corrected chi connectivity index (χ0v) is 26.9. The highest BCUT2D eigenvalue weighted by Crippen LogP contribution is 2.67. The van der Waals surface area contributed by atoms with Crippen LogP contribution in [0.3, 0.4) is 0 Å². The second-order valence-corrected chi connectivity index (χ2v) is 13.0. The molecule has 2 atom stereocenters. The molecule has 0 radical (unpaired) electrons. The molecule has 1 spiro atoms. The number of morpholine rings is 1. The van der Waals surface area contributed by atoms with Gasteiger partial charge < -0.3 is 29.5 Å². The van der Waals surface area contributed by atoms with Crippen LogP contribution in [0.15, 0.2) is 42.6 Å². The molecule has 2 aromatic carbocycles. The first-order chi connectivity index (χ1) is 22.4. The van der Waals surface area contributed by atoms with Gasteiger partial charge in [-0.25, -0.2) is 19.5 Å². The average molecular weight is 662 g/mol. The van der Waals surface area contributed by atoms with E-state index in [0.717, 1.165) is 15.1 Å². The summed E-state index contributed by atoms with van der Waals surface area (Å²) in [6.07, 6.45) is -0.164. The Morgan fingerprint density at radius 3 is 2.60 bits per heavy atom. The molecule has 4 heterocycles. The number of aromatic nitrogens is 4. The van der Waals surface area contributed by atoms with E-state index in [9.17, 15) is 19.5 Å². The molecule has 2 N–H and O–H groups in total. The largest absolute Gasteiger partial charge is 0.497 e. The van der Waals surface area contributed by atoms with E-state index in [1.54, 1.807) is 51.1 Å². The van der Waals surface area contributed by atoms with Crippen molar-refractivity contribution < 1.29 is 33.7 Å². The molecule has 7 rings (SSSR count). The first-order valence-electron chi connectivity index (χ1n) is 15.1. The summed E-state index contributed by atoms with van der Waals surface area (Å²) in [5.74, 6) is 0.728. The third-order valence-corrected chi connectivity index (χ3v) is 8.87. The molecule has 2 amide bonds. The second kappa shape index (κ2) is 11.1. The first kappa shape index (κ1) is 30.7. The smallest absolute Gasteiger partial charge is 0.435 e. The van der Waals surface area contributed by atoms with Crippen LogP contribution in [0.4, 0.5) is 32.9 Å². The van der Waals surface area contributed by atoms with Gasteiger partial charge in [0.25, 0.3) is 0 Å². The van der Waals surface area contributed by atoms with Crippen LogP contribution < -0.4 is 19.9 Å². The highest BCUT2D eigenvalue weighted by atomic mass is 35.5. The molecule has 2 aromatic heterocycles. The molecule has 15 heteroatoms. The molecule has 2 aliphatic heterocycles. The van der Waals surface area contributed by atoms with Gasteiger partial charge in [0.05, 0.1) is 43.1 Å². The Labute approximate surface area is 274 Å². The van der Waals surface area contributed by atoms with Crippen LogP contribution in [-0.2, 0) is 19.7 Å². The minimum atomic E-state index is -1.35. The molecule has 2 unspecified atom stereocenters. The second-order valence-electron chi connectivity index (χ2n) is 12.6. The van der Waals surface area contributed by atoms with Crippen LogP contribution in [0.5, 0.6) is 5.75 Å². The maximum Gasteiger partial charge on any atom is 0.435 e. The van der Waals surface area contributed by atoms with Gasteiger partial charge in [0.2, 0.25) is 11.9 Å². The number of imide groups is 1. The zero-order valence-electron chi connectivity index (χ0n) is 26.1. The van der Waals surface area contributed by atoms with Crippen molar-refractivity contribution in [3.05, 3.63) is 58.7 Å². The number of carbonyl (C=O) groups is 3. The third-order valence-electron chi connectivity index (χ3n) is 8.60. The van der Waals surface area contributed by atoms with E-state index in [0.29, 0.717) is 78.2 Å². The highest BCUT2D eigenvalue weighted by molar-refractivity contribution is 6.33. The molecular formula is C32H32ClN7O7. The fourth-order valence-corrected chi connectivity index (χ4v) is 6.50. The number of carbonyl (C=O) groups excluding carboxylic acids is 2. The number of carboxylic acid groups (broad SMARTS) is 1.